The van der Waals surface area contributed by atoms with E-state index in [4.69, 9.17) is 5.73 Å². The molecule has 1 saturated carbocycles. The second kappa shape index (κ2) is 4.90. The summed E-state index contributed by atoms with van der Waals surface area (Å²) < 4.78 is 38.1. The first-order chi connectivity index (χ1) is 8.48. The monoisotopic (exact) mass is 258 g/mol. The molecule has 0 aromatic heterocycles. The molecule has 3 N–H and O–H groups in total. The Morgan fingerprint density at radius 3 is 2.28 bits per heavy atom. The van der Waals surface area contributed by atoms with Gasteiger partial charge >= 0.3 is 6.18 Å². The molecule has 1 aliphatic carbocycles. The third kappa shape index (κ3) is 2.67. The summed E-state index contributed by atoms with van der Waals surface area (Å²) >= 11 is 0. The number of benzene rings is 1. The van der Waals surface area contributed by atoms with Gasteiger partial charge in [0, 0.05) is 13.1 Å². The molecule has 2 rings (SSSR count). The van der Waals surface area contributed by atoms with Gasteiger partial charge in [-0.05, 0) is 30.4 Å². The number of rotatable bonds is 5. The highest BCUT2D eigenvalue weighted by Crippen LogP contribution is 2.48. The predicted molar refractivity (Wildman–Crippen MR) is 64.1 cm³/mol. The molecule has 0 heterocycles. The van der Waals surface area contributed by atoms with E-state index in [1.54, 1.807) is 0 Å². The third-order valence-corrected chi connectivity index (χ3v) is 3.49. The van der Waals surface area contributed by atoms with E-state index >= 15 is 0 Å². The molecule has 18 heavy (non-hydrogen) atoms. The van der Waals surface area contributed by atoms with Crippen molar-refractivity contribution in [3.63, 3.8) is 0 Å². The first-order valence-corrected chi connectivity index (χ1v) is 6.07. The SMILES string of the molecule is NCc1ccccc1CCNC1(C(F)(F)F)CC1. The van der Waals surface area contributed by atoms with Crippen molar-refractivity contribution >= 4 is 0 Å². The molecule has 0 saturated heterocycles. The van der Waals surface area contributed by atoms with Gasteiger partial charge in [0.2, 0.25) is 0 Å². The summed E-state index contributed by atoms with van der Waals surface area (Å²) in [5, 5.41) is 2.64. The maximum atomic E-state index is 12.7. The molecule has 100 valence electrons. The summed E-state index contributed by atoms with van der Waals surface area (Å²) in [6.45, 7) is 0.747. The van der Waals surface area contributed by atoms with Crippen molar-refractivity contribution in [1.29, 1.82) is 0 Å². The lowest BCUT2D eigenvalue weighted by atomic mass is 10.0. The highest BCUT2D eigenvalue weighted by Gasteiger charge is 2.62. The van der Waals surface area contributed by atoms with E-state index in [0.29, 0.717) is 19.5 Å². The molecule has 0 amide bonds. The highest BCUT2D eigenvalue weighted by molar-refractivity contribution is 5.27. The summed E-state index contributed by atoms with van der Waals surface area (Å²) in [4.78, 5) is 0. The van der Waals surface area contributed by atoms with Crippen molar-refractivity contribution in [2.75, 3.05) is 6.54 Å². The molecule has 0 aliphatic heterocycles. The first kappa shape index (κ1) is 13.4. The number of halogens is 3. The molecular formula is C13H17F3N2. The predicted octanol–water partition coefficient (Wildman–Crippen LogP) is 2.37. The Balaban J connectivity index is 1.90. The van der Waals surface area contributed by atoms with Crippen molar-refractivity contribution in [2.24, 2.45) is 5.73 Å². The second-order valence-electron chi connectivity index (χ2n) is 4.73. The number of alkyl halides is 3. The zero-order valence-electron chi connectivity index (χ0n) is 10.1. The normalized spacial score (nSPS) is 17.8. The molecule has 1 aromatic carbocycles. The number of hydrogen-bond donors (Lipinski definition) is 2. The largest absolute Gasteiger partial charge is 0.406 e. The molecule has 0 atom stereocenters. The second-order valence-corrected chi connectivity index (χ2v) is 4.73. The molecule has 1 aromatic rings. The average molecular weight is 258 g/mol. The molecule has 1 fully saturated rings. The highest BCUT2D eigenvalue weighted by atomic mass is 19.4. The first-order valence-electron chi connectivity index (χ1n) is 6.07. The quantitative estimate of drug-likeness (QED) is 0.851. The molecule has 1 aliphatic rings. The van der Waals surface area contributed by atoms with Crippen LogP contribution >= 0.6 is 0 Å². The summed E-state index contributed by atoms with van der Waals surface area (Å²) in [7, 11) is 0. The van der Waals surface area contributed by atoms with Gasteiger partial charge in [0.1, 0.15) is 5.54 Å². The minimum absolute atomic E-state index is 0.190. The summed E-state index contributed by atoms with van der Waals surface area (Å²) in [5.41, 5.74) is 5.98. The summed E-state index contributed by atoms with van der Waals surface area (Å²) in [5.74, 6) is 0. The molecular weight excluding hydrogens is 241 g/mol. The topological polar surface area (TPSA) is 38.0 Å². The van der Waals surface area contributed by atoms with Crippen LogP contribution in [0.25, 0.3) is 0 Å². The van der Waals surface area contributed by atoms with E-state index < -0.39 is 11.7 Å². The van der Waals surface area contributed by atoms with E-state index in [1.165, 1.54) is 0 Å². The van der Waals surface area contributed by atoms with Crippen molar-refractivity contribution < 1.29 is 13.2 Å². The lowest BCUT2D eigenvalue weighted by Crippen LogP contribution is -2.45. The molecule has 0 spiro atoms. The standard InChI is InChI=1S/C13H17F3N2/c14-13(15,16)12(6-7-12)18-8-5-10-3-1-2-4-11(10)9-17/h1-4,18H,5-9,17H2. The van der Waals surface area contributed by atoms with Crippen molar-refractivity contribution in [1.82, 2.24) is 5.32 Å². The van der Waals surface area contributed by atoms with Gasteiger partial charge in [0.25, 0.3) is 0 Å². The molecule has 5 heteroatoms. The number of nitrogens with two attached hydrogens (primary N) is 1. The molecule has 2 nitrogen and oxygen atoms in total. The zero-order valence-corrected chi connectivity index (χ0v) is 10.1. The van der Waals surface area contributed by atoms with Gasteiger partial charge in [-0.1, -0.05) is 24.3 Å². The third-order valence-electron chi connectivity index (χ3n) is 3.49. The van der Waals surface area contributed by atoms with Gasteiger partial charge in [0.15, 0.2) is 0 Å². The van der Waals surface area contributed by atoms with Gasteiger partial charge in [-0.3, -0.25) is 0 Å². The van der Waals surface area contributed by atoms with Gasteiger partial charge in [-0.2, -0.15) is 13.2 Å². The maximum Gasteiger partial charge on any atom is 0.406 e. The van der Waals surface area contributed by atoms with Crippen LogP contribution in [0.4, 0.5) is 13.2 Å². The van der Waals surface area contributed by atoms with Crippen molar-refractivity contribution in [3.8, 4) is 0 Å². The van der Waals surface area contributed by atoms with Crippen molar-refractivity contribution in [2.45, 2.75) is 37.5 Å². The van der Waals surface area contributed by atoms with E-state index in [0.717, 1.165) is 11.1 Å². The van der Waals surface area contributed by atoms with Crippen LogP contribution in [0.5, 0.6) is 0 Å². The Morgan fingerprint density at radius 2 is 1.78 bits per heavy atom. The van der Waals surface area contributed by atoms with Crippen LogP contribution in [0.1, 0.15) is 24.0 Å². The van der Waals surface area contributed by atoms with Crippen molar-refractivity contribution in [3.05, 3.63) is 35.4 Å². The van der Waals surface area contributed by atoms with Crippen LogP contribution in [-0.2, 0) is 13.0 Å². The van der Waals surface area contributed by atoms with Gasteiger partial charge in [0.05, 0.1) is 0 Å². The van der Waals surface area contributed by atoms with Gasteiger partial charge in [-0.15, -0.1) is 0 Å². The van der Waals surface area contributed by atoms with E-state index in [9.17, 15) is 13.2 Å². The minimum Gasteiger partial charge on any atom is -0.326 e. The Morgan fingerprint density at radius 1 is 1.17 bits per heavy atom. The summed E-state index contributed by atoms with van der Waals surface area (Å²) in [6.07, 6.45) is -3.18. The lowest BCUT2D eigenvalue weighted by Gasteiger charge is -2.21. The fraction of sp³-hybridized carbons (Fsp3) is 0.538. The van der Waals surface area contributed by atoms with E-state index in [-0.39, 0.29) is 12.8 Å². The molecule has 0 radical (unpaired) electrons. The fourth-order valence-electron chi connectivity index (χ4n) is 2.12. The Kier molecular flexibility index (Phi) is 3.64. The van der Waals surface area contributed by atoms with Crippen LogP contribution in [-0.4, -0.2) is 18.3 Å². The Labute approximate surface area is 104 Å². The Bertz CT molecular complexity index is 411. The van der Waals surface area contributed by atoms with Gasteiger partial charge in [-0.25, -0.2) is 0 Å². The Hall–Kier alpha value is -1.07. The van der Waals surface area contributed by atoms with Gasteiger partial charge < -0.3 is 11.1 Å². The zero-order chi connectivity index (χ0) is 13.2. The summed E-state index contributed by atoms with van der Waals surface area (Å²) in [6, 6.07) is 7.59. The van der Waals surface area contributed by atoms with Crippen LogP contribution in [0.2, 0.25) is 0 Å². The number of hydrogen-bond acceptors (Lipinski definition) is 2. The van der Waals surface area contributed by atoms with Crippen LogP contribution in [0, 0.1) is 0 Å². The maximum absolute atomic E-state index is 12.7. The van der Waals surface area contributed by atoms with Crippen LogP contribution < -0.4 is 11.1 Å². The molecule has 0 bridgehead atoms. The smallest absolute Gasteiger partial charge is 0.326 e. The lowest BCUT2D eigenvalue weighted by molar-refractivity contribution is -0.165. The average Bonchev–Trinajstić information content (AvgIpc) is 3.10. The van der Waals surface area contributed by atoms with E-state index in [1.807, 2.05) is 24.3 Å². The van der Waals surface area contributed by atoms with Crippen LogP contribution in [0.15, 0.2) is 24.3 Å². The minimum atomic E-state index is -4.14. The van der Waals surface area contributed by atoms with Crippen LogP contribution in [0.3, 0.4) is 0 Å². The molecule has 0 unspecified atom stereocenters. The van der Waals surface area contributed by atoms with E-state index in [2.05, 4.69) is 5.32 Å². The number of nitrogens with one attached hydrogen (secondary N) is 1. The fourth-order valence-corrected chi connectivity index (χ4v) is 2.12.